The van der Waals surface area contributed by atoms with Crippen LogP contribution in [0, 0.1) is 29.1 Å². The first-order valence-electron chi connectivity index (χ1n) is 24.4. The first-order valence-corrected chi connectivity index (χ1v) is 24.4. The lowest BCUT2D eigenvalue weighted by atomic mass is 9.84. The molecule has 2 aromatic carbocycles. The molecule has 2 saturated heterocycles. The largest absolute Gasteiger partial charge is 0.464 e. The number of likely N-dealkylation sites (N-methyl/N-ethyl adjacent to an activating group) is 1. The molecule has 15 heteroatoms. The van der Waals surface area contributed by atoms with Gasteiger partial charge in [0, 0.05) is 82.4 Å². The van der Waals surface area contributed by atoms with Crippen molar-refractivity contribution in [3.63, 3.8) is 0 Å². The van der Waals surface area contributed by atoms with Crippen LogP contribution in [0.2, 0.25) is 0 Å². The molecule has 0 saturated carbocycles. The molecule has 0 aliphatic carbocycles. The zero-order chi connectivity index (χ0) is 49.7. The van der Waals surface area contributed by atoms with E-state index in [1.807, 2.05) is 43.9 Å². The molecule has 69 heavy (non-hydrogen) atoms. The highest BCUT2D eigenvalue weighted by Crippen LogP contribution is 2.42. The number of benzene rings is 2. The summed E-state index contributed by atoms with van der Waals surface area (Å²) in [4.78, 5) is 79.2. The van der Waals surface area contributed by atoms with E-state index in [1.54, 1.807) is 34.4 Å². The Labute approximate surface area is 407 Å². The number of aromatic nitrogens is 2. The van der Waals surface area contributed by atoms with E-state index in [2.05, 4.69) is 84.3 Å². The Morgan fingerprint density at radius 1 is 1.01 bits per heavy atom. The summed E-state index contributed by atoms with van der Waals surface area (Å²) in [5, 5.41) is 5.62. The molecule has 15 nitrogen and oxygen atoms in total. The number of ether oxygens (including phenoxy) is 2. The van der Waals surface area contributed by atoms with E-state index in [0.717, 1.165) is 50.1 Å². The van der Waals surface area contributed by atoms with E-state index >= 15 is 0 Å². The Kier molecular flexibility index (Phi) is 16.0. The van der Waals surface area contributed by atoms with Gasteiger partial charge in [0.15, 0.2) is 0 Å². The molecule has 5 heterocycles. The normalized spacial score (nSPS) is 20.6. The van der Waals surface area contributed by atoms with Crippen molar-refractivity contribution in [3.8, 4) is 34.2 Å². The summed E-state index contributed by atoms with van der Waals surface area (Å²) in [6.45, 7) is 14.8. The summed E-state index contributed by atoms with van der Waals surface area (Å²) < 4.78 is 14.3. The van der Waals surface area contributed by atoms with Crippen LogP contribution >= 0.6 is 0 Å². The number of rotatable bonds is 10. The quantitative estimate of drug-likeness (QED) is 0.151. The number of aryl methyl sites for hydroxylation is 1. The average molecular weight is 943 g/mol. The highest BCUT2D eigenvalue weighted by Gasteiger charge is 2.40. The molecule has 0 spiro atoms. The summed E-state index contributed by atoms with van der Waals surface area (Å²) in [6.07, 6.45) is 3.91. The number of nitrogens with zero attached hydrogens (tertiary/aromatic N) is 6. The Morgan fingerprint density at radius 3 is 2.51 bits per heavy atom. The van der Waals surface area contributed by atoms with Crippen LogP contribution < -0.4 is 10.7 Å². The van der Waals surface area contributed by atoms with Gasteiger partial charge in [-0.25, -0.2) is 5.43 Å². The fourth-order valence-electron chi connectivity index (χ4n) is 10.1. The summed E-state index contributed by atoms with van der Waals surface area (Å²) in [7, 11) is 6.64. The van der Waals surface area contributed by atoms with Gasteiger partial charge in [-0.3, -0.25) is 38.9 Å². The van der Waals surface area contributed by atoms with Gasteiger partial charge in [0.05, 0.1) is 36.6 Å². The number of hydrogen-bond acceptors (Lipinski definition) is 10. The molecule has 5 atom stereocenters. The first-order chi connectivity index (χ1) is 32.9. The Balaban J connectivity index is 1.24. The summed E-state index contributed by atoms with van der Waals surface area (Å²) in [6, 6.07) is 16.0. The van der Waals surface area contributed by atoms with Crippen molar-refractivity contribution in [2.75, 3.05) is 61.0 Å². The number of fused-ring (bicyclic) bond motifs is 6. The van der Waals surface area contributed by atoms with Gasteiger partial charge >= 0.3 is 5.97 Å². The van der Waals surface area contributed by atoms with Gasteiger partial charge in [0.25, 0.3) is 11.8 Å². The third-order valence-corrected chi connectivity index (χ3v) is 13.8. The number of carbonyl (C=O) groups excluding carboxylic acids is 5. The molecular formula is C54H70N8O7. The van der Waals surface area contributed by atoms with Crippen LogP contribution in [0.3, 0.4) is 0 Å². The molecule has 2 aromatic heterocycles. The molecule has 2 N–H and O–H groups in total. The third kappa shape index (κ3) is 11.4. The molecule has 2 fully saturated rings. The van der Waals surface area contributed by atoms with Gasteiger partial charge in [-0.15, -0.1) is 0 Å². The maximum absolute atomic E-state index is 14.8. The number of carbonyl (C=O) groups is 5. The van der Waals surface area contributed by atoms with E-state index in [-0.39, 0.29) is 48.7 Å². The second-order valence-corrected chi connectivity index (χ2v) is 20.2. The molecule has 0 radical (unpaired) electrons. The first kappa shape index (κ1) is 50.8. The second-order valence-electron chi connectivity index (χ2n) is 20.2. The minimum absolute atomic E-state index is 0.137. The van der Waals surface area contributed by atoms with E-state index < -0.39 is 35.4 Å². The van der Waals surface area contributed by atoms with Gasteiger partial charge in [-0.05, 0) is 104 Å². The number of hydrogen-bond donors (Lipinski definition) is 2. The fraction of sp³-hybridized carbons (Fsp3) is 0.519. The lowest BCUT2D eigenvalue weighted by molar-refractivity contribution is -0.155. The van der Waals surface area contributed by atoms with Crippen molar-refractivity contribution >= 4 is 40.5 Å². The zero-order valence-electron chi connectivity index (χ0n) is 42.1. The SMILES string of the molecule is CCn1c(-c2cccnc2[C@H](C)OC)c2c3cc(ccc31)-c1cccc(c1)C[C@H](NC(=O)[C@H](C(C)C)N(C)C(=O)[C@H]1CCN(CC#CC(=O)N(C)C)C1)C(=O)N1CCC[C@H](N1)C(=O)OCC(C)(C)C2. The topological polar surface area (TPSA) is 159 Å². The number of hydrazine groups is 1. The van der Waals surface area contributed by atoms with Crippen molar-refractivity contribution in [1.29, 1.82) is 0 Å². The highest BCUT2D eigenvalue weighted by atomic mass is 16.5. The Hall–Kier alpha value is -6.08. The van der Waals surface area contributed by atoms with Gasteiger partial charge < -0.3 is 29.2 Å². The monoisotopic (exact) mass is 943 g/mol. The molecule has 7 rings (SSSR count). The van der Waals surface area contributed by atoms with Crippen molar-refractivity contribution in [2.45, 2.75) is 104 Å². The van der Waals surface area contributed by atoms with Crippen molar-refractivity contribution in [2.24, 2.45) is 17.3 Å². The van der Waals surface area contributed by atoms with Crippen molar-refractivity contribution < 1.29 is 33.4 Å². The van der Waals surface area contributed by atoms with Crippen LogP contribution in [0.1, 0.15) is 83.7 Å². The molecule has 3 aliphatic heterocycles. The van der Waals surface area contributed by atoms with E-state index in [9.17, 15) is 24.0 Å². The maximum Gasteiger partial charge on any atom is 0.324 e. The molecule has 4 aromatic rings. The molecule has 4 amide bonds. The second kappa shape index (κ2) is 21.7. The van der Waals surface area contributed by atoms with E-state index in [1.165, 1.54) is 14.8 Å². The number of amides is 4. The average Bonchev–Trinajstić information content (AvgIpc) is 3.93. The van der Waals surface area contributed by atoms with Crippen LogP contribution in [0.5, 0.6) is 0 Å². The number of esters is 1. The predicted octanol–water partition coefficient (Wildman–Crippen LogP) is 5.64. The van der Waals surface area contributed by atoms with Crippen LogP contribution in [-0.2, 0) is 52.8 Å². The number of likely N-dealkylation sites (tertiary alicyclic amines) is 1. The van der Waals surface area contributed by atoms with Crippen LogP contribution in [-0.4, -0.2) is 138 Å². The standard InChI is InChI=1S/C54H70N8O7/c1-11-61-45-22-21-38-30-41(45)42(49(61)40-18-13-24-55-47(40)35(4)68-10)31-54(5,6)33-69-53(67)43-19-14-26-62(57-43)52(66)44(29-36-16-12-17-37(38)28-36)56-50(64)48(34(2)3)59(9)51(65)39-23-27-60(32-39)25-15-20-46(63)58(7)8/h12-13,16-18,21-22,24,28,30,34-35,39,43-44,48,57H,11,14,19,23,25-27,29,31-33H2,1-10H3,(H,56,64)/t35-,39-,43-,44-,48-/m0/s1. The molecule has 368 valence electrons. The summed E-state index contributed by atoms with van der Waals surface area (Å²) in [5.41, 5.74) is 10.5. The fourth-order valence-corrected chi connectivity index (χ4v) is 10.1. The van der Waals surface area contributed by atoms with Gasteiger partial charge in [-0.2, -0.15) is 0 Å². The number of methoxy groups -OCH3 is 1. The van der Waals surface area contributed by atoms with Gasteiger partial charge in [0.1, 0.15) is 18.1 Å². The molecular weight excluding hydrogens is 873 g/mol. The van der Waals surface area contributed by atoms with Gasteiger partial charge in [-0.1, -0.05) is 63.9 Å². The van der Waals surface area contributed by atoms with Crippen LogP contribution in [0.4, 0.5) is 0 Å². The summed E-state index contributed by atoms with van der Waals surface area (Å²) in [5.74, 6) is 3.18. The van der Waals surface area contributed by atoms with E-state index in [0.29, 0.717) is 58.4 Å². The van der Waals surface area contributed by atoms with Crippen LogP contribution in [0.25, 0.3) is 33.3 Å². The number of pyridine rings is 1. The molecule has 6 bridgehead atoms. The Morgan fingerprint density at radius 2 is 1.78 bits per heavy atom. The van der Waals surface area contributed by atoms with Crippen molar-refractivity contribution in [3.05, 3.63) is 77.6 Å². The lowest BCUT2D eigenvalue weighted by Gasteiger charge is -2.37. The number of cyclic esters (lactones) is 1. The third-order valence-electron chi connectivity index (χ3n) is 13.8. The van der Waals surface area contributed by atoms with E-state index in [4.69, 9.17) is 14.5 Å². The predicted molar refractivity (Wildman–Crippen MR) is 266 cm³/mol. The summed E-state index contributed by atoms with van der Waals surface area (Å²) >= 11 is 0. The van der Waals surface area contributed by atoms with Crippen LogP contribution in [0.15, 0.2) is 60.8 Å². The van der Waals surface area contributed by atoms with Crippen molar-refractivity contribution in [1.82, 2.24) is 40.0 Å². The highest BCUT2D eigenvalue weighted by molar-refractivity contribution is 5.96. The minimum Gasteiger partial charge on any atom is -0.464 e. The zero-order valence-corrected chi connectivity index (χ0v) is 42.1. The van der Waals surface area contributed by atoms with Gasteiger partial charge in [0.2, 0.25) is 11.8 Å². The maximum atomic E-state index is 14.8. The smallest absolute Gasteiger partial charge is 0.324 e. The Bertz CT molecular complexity index is 2630. The molecule has 0 unspecified atom stereocenters. The molecule has 3 aliphatic rings. The minimum atomic E-state index is -1.04. The lowest BCUT2D eigenvalue weighted by Crippen LogP contribution is -2.62. The number of nitrogens with one attached hydrogen (secondary N) is 2.